The van der Waals surface area contributed by atoms with Gasteiger partial charge in [-0.05, 0) is 19.3 Å². The van der Waals surface area contributed by atoms with Crippen LogP contribution < -0.4 is 5.32 Å². The van der Waals surface area contributed by atoms with Gasteiger partial charge in [-0.1, -0.05) is 20.8 Å². The van der Waals surface area contributed by atoms with E-state index < -0.39 is 0 Å². The lowest BCUT2D eigenvalue weighted by Gasteiger charge is -2.17. The van der Waals surface area contributed by atoms with Crippen molar-refractivity contribution in [2.45, 2.75) is 52.6 Å². The van der Waals surface area contributed by atoms with E-state index in [1.807, 2.05) is 6.20 Å². The van der Waals surface area contributed by atoms with E-state index in [1.54, 1.807) is 7.11 Å². The maximum Gasteiger partial charge on any atom is 0.0587 e. The Kier molecular flexibility index (Phi) is 6.36. The van der Waals surface area contributed by atoms with Gasteiger partial charge < -0.3 is 10.1 Å². The van der Waals surface area contributed by atoms with Gasteiger partial charge in [0.05, 0.1) is 12.8 Å². The molecule has 1 heterocycles. The molecule has 0 aromatic carbocycles. The highest BCUT2D eigenvalue weighted by Crippen LogP contribution is 2.23. The number of methoxy groups -OCH3 is 1. The highest BCUT2D eigenvalue weighted by molar-refractivity contribution is 5.21. The fourth-order valence-corrected chi connectivity index (χ4v) is 2.10. The summed E-state index contributed by atoms with van der Waals surface area (Å²) in [5.41, 5.74) is 2.66. The molecule has 1 N–H and O–H groups in total. The first-order valence-electron chi connectivity index (χ1n) is 6.87. The van der Waals surface area contributed by atoms with E-state index in [0.29, 0.717) is 12.0 Å². The average Bonchev–Trinajstić information content (AvgIpc) is 2.77. The minimum absolute atomic E-state index is 0.468. The van der Waals surface area contributed by atoms with Crippen LogP contribution >= 0.6 is 0 Å². The van der Waals surface area contributed by atoms with Crippen molar-refractivity contribution < 1.29 is 4.74 Å². The highest BCUT2D eigenvalue weighted by atomic mass is 16.5. The molecule has 0 saturated carbocycles. The summed E-state index contributed by atoms with van der Waals surface area (Å²) < 4.78 is 7.21. The molecule has 0 bridgehead atoms. The van der Waals surface area contributed by atoms with Crippen LogP contribution in [0.15, 0.2) is 6.20 Å². The quantitative estimate of drug-likeness (QED) is 0.724. The fraction of sp³-hybridized carbons (Fsp3) is 0.786. The molecule has 4 heteroatoms. The topological polar surface area (TPSA) is 39.1 Å². The van der Waals surface area contributed by atoms with E-state index >= 15 is 0 Å². The van der Waals surface area contributed by atoms with E-state index in [0.717, 1.165) is 26.1 Å². The smallest absolute Gasteiger partial charge is 0.0587 e. The molecule has 0 aliphatic rings. The monoisotopic (exact) mass is 253 g/mol. The number of hydrogen-bond acceptors (Lipinski definition) is 3. The molecule has 1 atom stereocenters. The number of hydrogen-bond donors (Lipinski definition) is 1. The van der Waals surface area contributed by atoms with Crippen LogP contribution in [-0.2, 0) is 11.3 Å². The predicted octanol–water partition coefficient (Wildman–Crippen LogP) is 2.71. The minimum Gasteiger partial charge on any atom is -0.383 e. The fourth-order valence-electron chi connectivity index (χ4n) is 2.10. The van der Waals surface area contributed by atoms with Crippen molar-refractivity contribution in [3.8, 4) is 0 Å². The molecule has 0 aliphatic heterocycles. The van der Waals surface area contributed by atoms with Crippen LogP contribution in [0.4, 0.5) is 0 Å². The lowest BCUT2D eigenvalue weighted by Crippen LogP contribution is -2.20. The Bertz CT molecular complexity index is 347. The van der Waals surface area contributed by atoms with E-state index in [4.69, 9.17) is 4.74 Å². The highest BCUT2D eigenvalue weighted by Gasteiger charge is 2.16. The summed E-state index contributed by atoms with van der Waals surface area (Å²) in [5.74, 6) is 0.501. The summed E-state index contributed by atoms with van der Waals surface area (Å²) in [4.78, 5) is 0. The molecule has 1 aromatic rings. The number of rotatable bonds is 8. The summed E-state index contributed by atoms with van der Waals surface area (Å²) in [6.07, 6.45) is 3.11. The van der Waals surface area contributed by atoms with Crippen LogP contribution in [0.3, 0.4) is 0 Å². The molecular formula is C14H27N3O. The maximum atomic E-state index is 5.03. The molecule has 0 amide bonds. The SMILES string of the molecule is CCC(C)n1ncc(CNCCOC)c1C(C)C. The second-order valence-electron chi connectivity index (χ2n) is 5.08. The van der Waals surface area contributed by atoms with Gasteiger partial charge in [0, 0.05) is 37.5 Å². The van der Waals surface area contributed by atoms with E-state index in [-0.39, 0.29) is 0 Å². The third-order valence-electron chi connectivity index (χ3n) is 3.27. The second kappa shape index (κ2) is 7.54. The molecule has 18 heavy (non-hydrogen) atoms. The molecule has 0 saturated heterocycles. The third kappa shape index (κ3) is 3.82. The summed E-state index contributed by atoms with van der Waals surface area (Å²) in [6, 6.07) is 0.468. The van der Waals surface area contributed by atoms with Gasteiger partial charge in [0.15, 0.2) is 0 Å². The lowest BCUT2D eigenvalue weighted by molar-refractivity contribution is 0.199. The van der Waals surface area contributed by atoms with Gasteiger partial charge >= 0.3 is 0 Å². The molecule has 0 fully saturated rings. The van der Waals surface area contributed by atoms with Crippen LogP contribution in [0.25, 0.3) is 0 Å². The van der Waals surface area contributed by atoms with Crippen LogP contribution in [-0.4, -0.2) is 30.0 Å². The number of aromatic nitrogens is 2. The largest absolute Gasteiger partial charge is 0.383 e. The van der Waals surface area contributed by atoms with Gasteiger partial charge in [0.25, 0.3) is 0 Å². The van der Waals surface area contributed by atoms with Crippen molar-refractivity contribution in [1.82, 2.24) is 15.1 Å². The zero-order chi connectivity index (χ0) is 13.5. The van der Waals surface area contributed by atoms with Gasteiger partial charge in [0.2, 0.25) is 0 Å². The van der Waals surface area contributed by atoms with Gasteiger partial charge in [-0.2, -0.15) is 5.10 Å². The van der Waals surface area contributed by atoms with Gasteiger partial charge in [-0.15, -0.1) is 0 Å². The summed E-state index contributed by atoms with van der Waals surface area (Å²) in [7, 11) is 1.72. The summed E-state index contributed by atoms with van der Waals surface area (Å²) in [5, 5.41) is 7.94. The lowest BCUT2D eigenvalue weighted by atomic mass is 10.0. The normalized spacial score (nSPS) is 13.2. The van der Waals surface area contributed by atoms with Crippen LogP contribution in [0.5, 0.6) is 0 Å². The number of nitrogens with one attached hydrogen (secondary N) is 1. The van der Waals surface area contributed by atoms with Crippen molar-refractivity contribution in [2.75, 3.05) is 20.3 Å². The predicted molar refractivity (Wildman–Crippen MR) is 74.9 cm³/mol. The molecule has 1 aromatic heterocycles. The van der Waals surface area contributed by atoms with Crippen LogP contribution in [0.2, 0.25) is 0 Å². The first-order valence-corrected chi connectivity index (χ1v) is 6.87. The van der Waals surface area contributed by atoms with Crippen molar-refractivity contribution in [2.24, 2.45) is 0 Å². The Morgan fingerprint density at radius 1 is 1.39 bits per heavy atom. The second-order valence-corrected chi connectivity index (χ2v) is 5.08. The van der Waals surface area contributed by atoms with E-state index in [9.17, 15) is 0 Å². The zero-order valence-corrected chi connectivity index (χ0v) is 12.4. The Labute approximate surface area is 111 Å². The molecular weight excluding hydrogens is 226 g/mol. The van der Waals surface area contributed by atoms with Gasteiger partial charge in [0.1, 0.15) is 0 Å². The third-order valence-corrected chi connectivity index (χ3v) is 3.27. The molecule has 4 nitrogen and oxygen atoms in total. The Morgan fingerprint density at radius 2 is 2.11 bits per heavy atom. The molecule has 0 aliphatic carbocycles. The molecule has 1 unspecified atom stereocenters. The zero-order valence-electron chi connectivity index (χ0n) is 12.4. The van der Waals surface area contributed by atoms with Crippen molar-refractivity contribution in [1.29, 1.82) is 0 Å². The summed E-state index contributed by atoms with van der Waals surface area (Å²) >= 11 is 0. The van der Waals surface area contributed by atoms with Gasteiger partial charge in [-0.3, -0.25) is 4.68 Å². The molecule has 0 radical (unpaired) electrons. The van der Waals surface area contributed by atoms with E-state index in [2.05, 4.69) is 42.8 Å². The van der Waals surface area contributed by atoms with Crippen LogP contribution in [0, 0.1) is 0 Å². The Morgan fingerprint density at radius 3 is 2.67 bits per heavy atom. The first kappa shape index (κ1) is 15.2. The standard InChI is InChI=1S/C14H27N3O/c1-6-12(4)17-14(11(2)3)13(10-16-17)9-15-7-8-18-5/h10-12,15H,6-9H2,1-5H3. The number of ether oxygens (including phenoxy) is 1. The molecule has 1 rings (SSSR count). The molecule has 0 spiro atoms. The first-order chi connectivity index (χ1) is 8.61. The average molecular weight is 253 g/mol. The maximum absolute atomic E-state index is 5.03. The summed E-state index contributed by atoms with van der Waals surface area (Å²) in [6.45, 7) is 11.4. The minimum atomic E-state index is 0.468. The van der Waals surface area contributed by atoms with E-state index in [1.165, 1.54) is 11.3 Å². The van der Waals surface area contributed by atoms with Crippen molar-refractivity contribution in [3.63, 3.8) is 0 Å². The Hall–Kier alpha value is -0.870. The van der Waals surface area contributed by atoms with Gasteiger partial charge in [-0.25, -0.2) is 0 Å². The van der Waals surface area contributed by atoms with Crippen molar-refractivity contribution in [3.05, 3.63) is 17.5 Å². The number of nitrogens with zero attached hydrogens (tertiary/aromatic N) is 2. The van der Waals surface area contributed by atoms with Crippen LogP contribution in [0.1, 0.15) is 57.3 Å². The van der Waals surface area contributed by atoms with Crippen molar-refractivity contribution >= 4 is 0 Å². The Balaban J connectivity index is 2.75. The molecule has 104 valence electrons.